The molecule has 0 saturated carbocycles. The van der Waals surface area contributed by atoms with Gasteiger partial charge in [-0.05, 0) is 37.3 Å². The number of esters is 1. The highest BCUT2D eigenvalue weighted by atomic mass is 35.5. The third-order valence-corrected chi connectivity index (χ3v) is 3.50. The number of amides is 2. The van der Waals surface area contributed by atoms with Crippen molar-refractivity contribution in [2.45, 2.75) is 13.0 Å². The molecule has 0 aliphatic carbocycles. The number of nitrogens with one attached hydrogen (secondary N) is 1. The Hall–Kier alpha value is -3.06. The largest absolute Gasteiger partial charge is 0.481 e. The average molecular weight is 377 g/mol. The molecule has 0 bridgehead atoms. The van der Waals surface area contributed by atoms with E-state index in [2.05, 4.69) is 5.32 Å². The van der Waals surface area contributed by atoms with Crippen molar-refractivity contribution in [3.8, 4) is 5.75 Å². The second kappa shape index (κ2) is 8.87. The normalized spacial score (nSPS) is 11.3. The molecule has 0 saturated heterocycles. The fourth-order valence-electron chi connectivity index (χ4n) is 2.03. The van der Waals surface area contributed by atoms with E-state index in [9.17, 15) is 14.4 Å². The highest BCUT2D eigenvalue weighted by molar-refractivity contribution is 6.30. The van der Waals surface area contributed by atoms with E-state index in [1.807, 2.05) is 0 Å². The number of primary amides is 1. The maximum absolute atomic E-state index is 12.0. The van der Waals surface area contributed by atoms with Gasteiger partial charge in [0.05, 0.1) is 5.56 Å². The number of para-hydroxylation sites is 1. The lowest BCUT2D eigenvalue weighted by atomic mass is 10.2. The molecule has 136 valence electrons. The van der Waals surface area contributed by atoms with Crippen molar-refractivity contribution in [3.05, 3.63) is 59.1 Å². The standard InChI is InChI=1S/C18H17ClN2O5/c1-11(18(24)21-13-6-4-5-12(19)9-13)26-16(22)10-25-15-8-3-2-7-14(15)17(20)23/h2-9,11H,10H2,1H3,(H2,20,23)(H,21,24)/t11-/m0/s1. The van der Waals surface area contributed by atoms with Crippen molar-refractivity contribution in [1.29, 1.82) is 0 Å². The van der Waals surface area contributed by atoms with E-state index in [0.29, 0.717) is 10.7 Å². The first-order chi connectivity index (χ1) is 12.4. The molecule has 0 aliphatic heterocycles. The molecular weight excluding hydrogens is 360 g/mol. The molecule has 26 heavy (non-hydrogen) atoms. The van der Waals surface area contributed by atoms with Crippen molar-refractivity contribution in [3.63, 3.8) is 0 Å². The predicted molar refractivity (Wildman–Crippen MR) is 96.1 cm³/mol. The van der Waals surface area contributed by atoms with Crippen LogP contribution in [0.4, 0.5) is 5.69 Å². The van der Waals surface area contributed by atoms with Gasteiger partial charge in [0.25, 0.3) is 11.8 Å². The van der Waals surface area contributed by atoms with Crippen molar-refractivity contribution < 1.29 is 23.9 Å². The summed E-state index contributed by atoms with van der Waals surface area (Å²) in [5, 5.41) is 3.05. The van der Waals surface area contributed by atoms with Crippen molar-refractivity contribution in [2.75, 3.05) is 11.9 Å². The molecule has 2 rings (SSSR count). The maximum Gasteiger partial charge on any atom is 0.344 e. The number of ether oxygens (including phenoxy) is 2. The summed E-state index contributed by atoms with van der Waals surface area (Å²) in [4.78, 5) is 35.2. The van der Waals surface area contributed by atoms with Gasteiger partial charge in [0, 0.05) is 10.7 Å². The van der Waals surface area contributed by atoms with Crippen LogP contribution in [0.1, 0.15) is 17.3 Å². The Labute approximate surface area is 155 Å². The van der Waals surface area contributed by atoms with Crippen LogP contribution in [0.5, 0.6) is 5.75 Å². The van der Waals surface area contributed by atoms with Gasteiger partial charge in [0.15, 0.2) is 12.7 Å². The molecule has 3 N–H and O–H groups in total. The van der Waals surface area contributed by atoms with Gasteiger partial charge in [0.1, 0.15) is 5.75 Å². The molecule has 2 aromatic rings. The van der Waals surface area contributed by atoms with Gasteiger partial charge >= 0.3 is 5.97 Å². The summed E-state index contributed by atoms with van der Waals surface area (Å²) in [6, 6.07) is 12.8. The first-order valence-electron chi connectivity index (χ1n) is 7.64. The number of hydrogen-bond acceptors (Lipinski definition) is 5. The van der Waals surface area contributed by atoms with Crippen molar-refractivity contribution in [1.82, 2.24) is 0 Å². The molecule has 0 radical (unpaired) electrons. The molecule has 0 fully saturated rings. The Morgan fingerprint density at radius 2 is 1.88 bits per heavy atom. The summed E-state index contributed by atoms with van der Waals surface area (Å²) in [7, 11) is 0. The molecule has 0 spiro atoms. The van der Waals surface area contributed by atoms with Crippen molar-refractivity contribution >= 4 is 35.1 Å². The quantitative estimate of drug-likeness (QED) is 0.721. The Morgan fingerprint density at radius 3 is 2.58 bits per heavy atom. The topological polar surface area (TPSA) is 108 Å². The Bertz CT molecular complexity index is 825. The van der Waals surface area contributed by atoms with E-state index in [4.69, 9.17) is 26.8 Å². The smallest absolute Gasteiger partial charge is 0.344 e. The van der Waals surface area contributed by atoms with Gasteiger partial charge in [0.2, 0.25) is 0 Å². The van der Waals surface area contributed by atoms with Crippen molar-refractivity contribution in [2.24, 2.45) is 5.73 Å². The third-order valence-electron chi connectivity index (χ3n) is 3.27. The zero-order valence-electron chi connectivity index (χ0n) is 13.9. The summed E-state index contributed by atoms with van der Waals surface area (Å²) >= 11 is 5.84. The van der Waals surface area contributed by atoms with Crippen LogP contribution in [0.25, 0.3) is 0 Å². The Morgan fingerprint density at radius 1 is 1.15 bits per heavy atom. The molecule has 0 heterocycles. The van der Waals surface area contributed by atoms with E-state index >= 15 is 0 Å². The number of anilines is 1. The molecule has 7 nitrogen and oxygen atoms in total. The summed E-state index contributed by atoms with van der Waals surface area (Å²) < 4.78 is 10.3. The number of carbonyl (C=O) groups excluding carboxylic acids is 3. The number of rotatable bonds is 7. The van der Waals surface area contributed by atoms with Crippen LogP contribution in [-0.4, -0.2) is 30.5 Å². The highest BCUT2D eigenvalue weighted by Crippen LogP contribution is 2.17. The number of hydrogen-bond donors (Lipinski definition) is 2. The number of carbonyl (C=O) groups is 3. The second-order valence-corrected chi connectivity index (χ2v) is 5.72. The van der Waals surface area contributed by atoms with Crippen LogP contribution in [0, 0.1) is 0 Å². The molecular formula is C18H17ClN2O5. The van der Waals surface area contributed by atoms with Gasteiger partial charge in [-0.25, -0.2) is 4.79 Å². The van der Waals surface area contributed by atoms with Crippen LogP contribution < -0.4 is 15.8 Å². The predicted octanol–water partition coefficient (Wildman–Crippen LogP) is 2.39. The summed E-state index contributed by atoms with van der Waals surface area (Å²) in [6.07, 6.45) is -1.04. The molecule has 2 aromatic carbocycles. The van der Waals surface area contributed by atoms with Crippen LogP contribution in [0.15, 0.2) is 48.5 Å². The lowest BCUT2D eigenvalue weighted by molar-refractivity contribution is -0.155. The monoisotopic (exact) mass is 376 g/mol. The number of benzene rings is 2. The molecule has 0 aromatic heterocycles. The highest BCUT2D eigenvalue weighted by Gasteiger charge is 2.19. The van der Waals surface area contributed by atoms with Crippen LogP contribution >= 0.6 is 11.6 Å². The zero-order valence-corrected chi connectivity index (χ0v) is 14.7. The lowest BCUT2D eigenvalue weighted by Crippen LogP contribution is -2.31. The van der Waals surface area contributed by atoms with E-state index in [1.165, 1.54) is 19.1 Å². The van der Waals surface area contributed by atoms with E-state index in [0.717, 1.165) is 0 Å². The summed E-state index contributed by atoms with van der Waals surface area (Å²) in [5.41, 5.74) is 5.86. The van der Waals surface area contributed by atoms with Gasteiger partial charge < -0.3 is 20.5 Å². The Balaban J connectivity index is 1.87. The minimum absolute atomic E-state index is 0.145. The van der Waals surface area contributed by atoms with Crippen LogP contribution in [0.3, 0.4) is 0 Å². The lowest BCUT2D eigenvalue weighted by Gasteiger charge is -2.14. The maximum atomic E-state index is 12.0. The summed E-state index contributed by atoms with van der Waals surface area (Å²) in [5.74, 6) is -1.80. The Kier molecular flexibility index (Phi) is 6.57. The van der Waals surface area contributed by atoms with Gasteiger partial charge in [-0.15, -0.1) is 0 Å². The van der Waals surface area contributed by atoms with E-state index in [1.54, 1.807) is 36.4 Å². The minimum Gasteiger partial charge on any atom is -0.481 e. The zero-order chi connectivity index (χ0) is 19.1. The molecule has 8 heteroatoms. The molecule has 0 unspecified atom stereocenters. The second-order valence-electron chi connectivity index (χ2n) is 5.28. The minimum atomic E-state index is -1.04. The van der Waals surface area contributed by atoms with Gasteiger partial charge in [-0.2, -0.15) is 0 Å². The molecule has 1 atom stereocenters. The van der Waals surface area contributed by atoms with E-state index in [-0.39, 0.29) is 11.3 Å². The molecule has 2 amide bonds. The summed E-state index contributed by atoms with van der Waals surface area (Å²) in [6.45, 7) is 0.953. The van der Waals surface area contributed by atoms with Gasteiger partial charge in [-0.3, -0.25) is 9.59 Å². The fraction of sp³-hybridized carbons (Fsp3) is 0.167. The fourth-order valence-corrected chi connectivity index (χ4v) is 2.22. The van der Waals surface area contributed by atoms with Gasteiger partial charge in [-0.1, -0.05) is 29.8 Å². The third kappa shape index (κ3) is 5.49. The SMILES string of the molecule is C[C@H](OC(=O)COc1ccccc1C(N)=O)C(=O)Nc1cccc(Cl)c1. The van der Waals surface area contributed by atoms with E-state index < -0.39 is 30.5 Å². The average Bonchev–Trinajstić information content (AvgIpc) is 2.60. The first-order valence-corrected chi connectivity index (χ1v) is 8.02. The van der Waals surface area contributed by atoms with Crippen LogP contribution in [0.2, 0.25) is 5.02 Å². The van der Waals surface area contributed by atoms with Crippen LogP contribution in [-0.2, 0) is 14.3 Å². The number of nitrogens with two attached hydrogens (primary N) is 1. The number of halogens is 1. The molecule has 0 aliphatic rings. The first kappa shape index (κ1) is 19.3.